The number of hydrogen-bond acceptors (Lipinski definition) is 6. The third-order valence-electron chi connectivity index (χ3n) is 5.07. The first-order chi connectivity index (χ1) is 14.3. The molecule has 0 fully saturated rings. The summed E-state index contributed by atoms with van der Waals surface area (Å²) in [6, 6.07) is 11.8. The molecule has 5 nitrogen and oxygen atoms in total. The van der Waals surface area contributed by atoms with E-state index in [1.807, 2.05) is 39.0 Å². The predicted molar refractivity (Wildman–Crippen MR) is 120 cm³/mol. The monoisotopic (exact) mass is 420 g/mol. The summed E-state index contributed by atoms with van der Waals surface area (Å²) in [7, 11) is 0. The SMILES string of the molecule is Cc1cc(C)cc(-c2nnc(SCc3cc(=O)oc4cc(C)c(C(C)C)cc34)o2)c1. The standard InChI is InChI=1S/C24H24N2O3S/c1-13(2)19-11-20-18(10-22(27)28-21(20)9-16(19)5)12-30-24-26-25-23(29-24)17-7-14(3)6-15(4)8-17/h6-11,13H,12H2,1-5H3. The van der Waals surface area contributed by atoms with E-state index in [4.69, 9.17) is 8.83 Å². The highest BCUT2D eigenvalue weighted by molar-refractivity contribution is 7.98. The molecule has 0 saturated carbocycles. The molecule has 0 unspecified atom stereocenters. The van der Waals surface area contributed by atoms with Crippen LogP contribution in [0.3, 0.4) is 0 Å². The molecule has 0 atom stereocenters. The number of nitrogens with zero attached hydrogens (tertiary/aromatic N) is 2. The maximum atomic E-state index is 12.1. The van der Waals surface area contributed by atoms with Gasteiger partial charge in [0, 0.05) is 22.8 Å². The minimum atomic E-state index is -0.351. The summed E-state index contributed by atoms with van der Waals surface area (Å²) in [4.78, 5) is 12.1. The third kappa shape index (κ3) is 4.19. The number of rotatable bonds is 5. The van der Waals surface area contributed by atoms with Crippen molar-refractivity contribution in [2.75, 3.05) is 0 Å². The van der Waals surface area contributed by atoms with Crippen molar-refractivity contribution in [1.82, 2.24) is 10.2 Å². The fourth-order valence-corrected chi connectivity index (χ4v) is 4.51. The molecule has 4 rings (SSSR count). The summed E-state index contributed by atoms with van der Waals surface area (Å²) >= 11 is 1.42. The van der Waals surface area contributed by atoms with E-state index in [9.17, 15) is 4.79 Å². The normalized spacial score (nSPS) is 11.5. The third-order valence-corrected chi connectivity index (χ3v) is 5.93. The molecule has 0 aliphatic rings. The molecule has 6 heteroatoms. The van der Waals surface area contributed by atoms with Gasteiger partial charge in [-0.25, -0.2) is 4.79 Å². The van der Waals surface area contributed by atoms with Crippen molar-refractivity contribution in [3.63, 3.8) is 0 Å². The second kappa shape index (κ2) is 8.11. The van der Waals surface area contributed by atoms with Crippen LogP contribution in [0.4, 0.5) is 0 Å². The molecule has 2 heterocycles. The van der Waals surface area contributed by atoms with Crippen LogP contribution in [0.1, 0.15) is 47.6 Å². The van der Waals surface area contributed by atoms with E-state index < -0.39 is 0 Å². The first-order valence-electron chi connectivity index (χ1n) is 9.92. The Bertz CT molecular complexity index is 1270. The van der Waals surface area contributed by atoms with Crippen LogP contribution in [0.5, 0.6) is 0 Å². The van der Waals surface area contributed by atoms with Gasteiger partial charge in [0.2, 0.25) is 5.89 Å². The number of aryl methyl sites for hydroxylation is 3. The summed E-state index contributed by atoms with van der Waals surface area (Å²) in [5.74, 6) is 1.43. The van der Waals surface area contributed by atoms with E-state index in [2.05, 4.69) is 36.2 Å². The summed E-state index contributed by atoms with van der Waals surface area (Å²) in [5, 5.41) is 9.79. The van der Waals surface area contributed by atoms with Crippen LogP contribution in [0.15, 0.2) is 55.2 Å². The Morgan fingerprint density at radius 3 is 2.37 bits per heavy atom. The summed E-state index contributed by atoms with van der Waals surface area (Å²) in [6.07, 6.45) is 0. The topological polar surface area (TPSA) is 69.1 Å². The lowest BCUT2D eigenvalue weighted by Crippen LogP contribution is -2.02. The van der Waals surface area contributed by atoms with Gasteiger partial charge in [-0.05, 0) is 67.6 Å². The molecule has 0 saturated heterocycles. The highest BCUT2D eigenvalue weighted by atomic mass is 32.2. The molecule has 0 aliphatic carbocycles. The van der Waals surface area contributed by atoms with Crippen LogP contribution in [0.2, 0.25) is 0 Å². The number of benzene rings is 2. The number of aromatic nitrogens is 2. The Morgan fingerprint density at radius 1 is 0.933 bits per heavy atom. The minimum absolute atomic E-state index is 0.351. The number of hydrogen-bond donors (Lipinski definition) is 0. The molecule has 0 amide bonds. The van der Waals surface area contributed by atoms with Gasteiger partial charge < -0.3 is 8.83 Å². The summed E-state index contributed by atoms with van der Waals surface area (Å²) in [6.45, 7) is 10.5. The lowest BCUT2D eigenvalue weighted by molar-refractivity contribution is 0.465. The average Bonchev–Trinajstić information content (AvgIpc) is 3.13. The van der Waals surface area contributed by atoms with Crippen LogP contribution in [0, 0.1) is 20.8 Å². The molecule has 0 N–H and O–H groups in total. The van der Waals surface area contributed by atoms with Gasteiger partial charge in [-0.1, -0.05) is 42.8 Å². The lowest BCUT2D eigenvalue weighted by Gasteiger charge is -2.12. The molecule has 0 radical (unpaired) electrons. The molecule has 30 heavy (non-hydrogen) atoms. The van der Waals surface area contributed by atoms with Crippen LogP contribution in [0.25, 0.3) is 22.4 Å². The van der Waals surface area contributed by atoms with Crippen LogP contribution >= 0.6 is 11.8 Å². The van der Waals surface area contributed by atoms with Crippen molar-refractivity contribution in [2.24, 2.45) is 0 Å². The molecule has 4 aromatic rings. The first-order valence-corrected chi connectivity index (χ1v) is 10.9. The van der Waals surface area contributed by atoms with E-state index in [-0.39, 0.29) is 5.63 Å². The zero-order valence-corrected chi connectivity index (χ0v) is 18.6. The molecule has 154 valence electrons. The molecule has 0 bridgehead atoms. The Balaban J connectivity index is 1.63. The Hall–Kier alpha value is -2.86. The van der Waals surface area contributed by atoms with Crippen molar-refractivity contribution in [3.8, 4) is 11.5 Å². The highest BCUT2D eigenvalue weighted by Gasteiger charge is 2.14. The molecular formula is C24H24N2O3S. The molecule has 2 aromatic heterocycles. The van der Waals surface area contributed by atoms with E-state index in [0.29, 0.717) is 28.4 Å². The smallest absolute Gasteiger partial charge is 0.336 e. The van der Waals surface area contributed by atoms with Crippen LogP contribution in [-0.2, 0) is 5.75 Å². The Labute approximate surface area is 179 Å². The number of thioether (sulfide) groups is 1. The maximum Gasteiger partial charge on any atom is 0.336 e. The second-order valence-electron chi connectivity index (χ2n) is 7.99. The Morgan fingerprint density at radius 2 is 1.67 bits per heavy atom. The lowest BCUT2D eigenvalue weighted by atomic mass is 9.95. The van der Waals surface area contributed by atoms with Crippen molar-refractivity contribution >= 4 is 22.7 Å². The van der Waals surface area contributed by atoms with Gasteiger partial charge in [0.1, 0.15) is 5.58 Å². The zero-order chi connectivity index (χ0) is 21.4. The minimum Gasteiger partial charge on any atom is -0.423 e. The molecule has 0 aliphatic heterocycles. The van der Waals surface area contributed by atoms with Crippen molar-refractivity contribution < 1.29 is 8.83 Å². The van der Waals surface area contributed by atoms with Crippen molar-refractivity contribution in [2.45, 2.75) is 51.5 Å². The van der Waals surface area contributed by atoms with Crippen LogP contribution < -0.4 is 5.63 Å². The van der Waals surface area contributed by atoms with Gasteiger partial charge in [-0.3, -0.25) is 0 Å². The number of fused-ring (bicyclic) bond motifs is 1. The van der Waals surface area contributed by atoms with Gasteiger partial charge in [0.25, 0.3) is 5.22 Å². The van der Waals surface area contributed by atoms with Crippen molar-refractivity contribution in [1.29, 1.82) is 0 Å². The van der Waals surface area contributed by atoms with Gasteiger partial charge in [0.15, 0.2) is 0 Å². The fraction of sp³-hybridized carbons (Fsp3) is 0.292. The largest absolute Gasteiger partial charge is 0.423 e. The quantitative estimate of drug-likeness (QED) is 0.283. The van der Waals surface area contributed by atoms with Crippen molar-refractivity contribution in [3.05, 3.63) is 74.6 Å². The fourth-order valence-electron chi connectivity index (χ4n) is 3.76. The second-order valence-corrected chi connectivity index (χ2v) is 8.92. The van der Waals surface area contributed by atoms with Gasteiger partial charge in [-0.2, -0.15) is 0 Å². The summed E-state index contributed by atoms with van der Waals surface area (Å²) in [5.41, 5.74) is 6.75. The van der Waals surface area contributed by atoms with Crippen LogP contribution in [-0.4, -0.2) is 10.2 Å². The predicted octanol–water partition coefficient (Wildman–Crippen LogP) is 6.18. The maximum absolute atomic E-state index is 12.1. The molecular weight excluding hydrogens is 396 g/mol. The first kappa shape index (κ1) is 20.4. The van der Waals surface area contributed by atoms with E-state index in [0.717, 1.165) is 33.2 Å². The zero-order valence-electron chi connectivity index (χ0n) is 17.8. The van der Waals surface area contributed by atoms with E-state index >= 15 is 0 Å². The molecule has 0 spiro atoms. The van der Waals surface area contributed by atoms with E-state index in [1.54, 1.807) is 6.07 Å². The van der Waals surface area contributed by atoms with Gasteiger partial charge >= 0.3 is 5.63 Å². The van der Waals surface area contributed by atoms with E-state index in [1.165, 1.54) is 17.3 Å². The van der Waals surface area contributed by atoms with Gasteiger partial charge in [-0.15, -0.1) is 10.2 Å². The summed E-state index contributed by atoms with van der Waals surface area (Å²) < 4.78 is 11.3. The molecule has 2 aromatic carbocycles. The van der Waals surface area contributed by atoms with Gasteiger partial charge in [0.05, 0.1) is 0 Å². The average molecular weight is 421 g/mol. The Kier molecular flexibility index (Phi) is 5.52. The highest BCUT2D eigenvalue weighted by Crippen LogP contribution is 2.31.